The minimum Gasteiger partial charge on any atom is -0.479 e. The van der Waals surface area contributed by atoms with Crippen molar-refractivity contribution in [1.82, 2.24) is 10.2 Å². The van der Waals surface area contributed by atoms with Gasteiger partial charge < -0.3 is 20.1 Å². The number of nitrogens with one attached hydrogen (secondary N) is 1. The van der Waals surface area contributed by atoms with Crippen LogP contribution in [0, 0.1) is 0 Å². The first kappa shape index (κ1) is 22.4. The number of likely N-dealkylation sites (tertiary alicyclic amines) is 1. The fourth-order valence-corrected chi connectivity index (χ4v) is 5.93. The summed E-state index contributed by atoms with van der Waals surface area (Å²) in [6.45, 7) is 2.36. The van der Waals surface area contributed by atoms with Gasteiger partial charge in [-0.2, -0.15) is 0 Å². The average molecular weight is 463 g/mol. The highest BCUT2D eigenvalue weighted by Gasteiger charge is 2.56. The van der Waals surface area contributed by atoms with Gasteiger partial charge in [0.05, 0.1) is 0 Å². The number of alkyl carbamates (subject to hydrolysis) is 1. The smallest absolute Gasteiger partial charge is 0.408 e. The van der Waals surface area contributed by atoms with Crippen LogP contribution in [-0.2, 0) is 14.3 Å². The number of aliphatic carboxylic acids is 1. The standard InChI is InChI=1S/C27H30N2O5/c1-2-27(24(31)32)15-8-16-29(27)23(30)26(13-7-14-26)28-25(33)34-17-22-20-11-5-3-9-18(20)19-10-4-6-12-21(19)22/h3-6,9-12,22H,2,7-8,13-17H2,1H3,(H,28,33)(H,31,32). The zero-order valence-electron chi connectivity index (χ0n) is 19.4. The average Bonchev–Trinajstić information content (AvgIpc) is 3.40. The third-order valence-electron chi connectivity index (χ3n) is 8.02. The first-order valence-electron chi connectivity index (χ1n) is 12.1. The van der Waals surface area contributed by atoms with E-state index in [-0.39, 0.29) is 18.4 Å². The van der Waals surface area contributed by atoms with E-state index in [0.717, 1.165) is 28.7 Å². The molecule has 2 fully saturated rings. The number of benzene rings is 2. The van der Waals surface area contributed by atoms with Crippen LogP contribution in [0.1, 0.15) is 62.5 Å². The van der Waals surface area contributed by atoms with Crippen molar-refractivity contribution in [3.8, 4) is 11.1 Å². The lowest BCUT2D eigenvalue weighted by Gasteiger charge is -2.46. The zero-order valence-corrected chi connectivity index (χ0v) is 19.4. The molecular weight excluding hydrogens is 432 g/mol. The highest BCUT2D eigenvalue weighted by molar-refractivity contribution is 5.95. The van der Waals surface area contributed by atoms with E-state index in [1.165, 1.54) is 4.90 Å². The molecule has 0 aromatic heterocycles. The molecule has 0 radical (unpaired) electrons. The summed E-state index contributed by atoms with van der Waals surface area (Å²) in [6.07, 6.45) is 2.58. The van der Waals surface area contributed by atoms with Crippen molar-refractivity contribution >= 4 is 18.0 Å². The normalized spacial score (nSPS) is 22.4. The molecule has 1 atom stereocenters. The molecule has 34 heavy (non-hydrogen) atoms. The maximum absolute atomic E-state index is 13.5. The largest absolute Gasteiger partial charge is 0.479 e. The summed E-state index contributed by atoms with van der Waals surface area (Å²) in [6, 6.07) is 16.2. The first-order chi connectivity index (χ1) is 16.4. The maximum atomic E-state index is 13.5. The van der Waals surface area contributed by atoms with Gasteiger partial charge in [0.2, 0.25) is 5.91 Å². The molecule has 0 spiro atoms. The molecule has 7 heteroatoms. The van der Waals surface area contributed by atoms with E-state index < -0.39 is 23.1 Å². The summed E-state index contributed by atoms with van der Waals surface area (Å²) in [4.78, 5) is 40.0. The highest BCUT2D eigenvalue weighted by atomic mass is 16.5. The minimum absolute atomic E-state index is 0.0653. The van der Waals surface area contributed by atoms with Crippen LogP contribution in [0.2, 0.25) is 0 Å². The van der Waals surface area contributed by atoms with Gasteiger partial charge in [-0.05, 0) is 60.8 Å². The zero-order chi connectivity index (χ0) is 23.9. The second kappa shape index (κ2) is 8.46. The molecule has 1 aliphatic heterocycles. The Hall–Kier alpha value is -3.35. The molecule has 2 aliphatic carbocycles. The van der Waals surface area contributed by atoms with Crippen molar-refractivity contribution < 1.29 is 24.2 Å². The van der Waals surface area contributed by atoms with Gasteiger partial charge in [-0.1, -0.05) is 55.5 Å². The Labute approximate surface area is 199 Å². The van der Waals surface area contributed by atoms with Crippen LogP contribution in [0.25, 0.3) is 11.1 Å². The second-order valence-electron chi connectivity index (χ2n) is 9.64. The number of carbonyl (C=O) groups excluding carboxylic acids is 2. The topological polar surface area (TPSA) is 95.9 Å². The Morgan fingerprint density at radius 1 is 1.00 bits per heavy atom. The van der Waals surface area contributed by atoms with Crippen molar-refractivity contribution in [3.63, 3.8) is 0 Å². The van der Waals surface area contributed by atoms with Crippen molar-refractivity contribution in [3.05, 3.63) is 59.7 Å². The van der Waals surface area contributed by atoms with Crippen LogP contribution in [0.4, 0.5) is 4.79 Å². The maximum Gasteiger partial charge on any atom is 0.408 e. The molecular formula is C27H30N2O5. The number of carboxylic acid groups (broad SMARTS) is 1. The third-order valence-corrected chi connectivity index (χ3v) is 8.02. The van der Waals surface area contributed by atoms with Crippen molar-refractivity contribution in [2.45, 2.75) is 62.4 Å². The van der Waals surface area contributed by atoms with Crippen LogP contribution in [0.3, 0.4) is 0 Å². The van der Waals surface area contributed by atoms with E-state index in [1.807, 2.05) is 24.3 Å². The van der Waals surface area contributed by atoms with Gasteiger partial charge in [0.15, 0.2) is 0 Å². The Morgan fingerprint density at radius 3 is 2.15 bits per heavy atom. The Morgan fingerprint density at radius 2 is 1.62 bits per heavy atom. The molecule has 2 aromatic carbocycles. The number of carbonyl (C=O) groups is 3. The molecule has 1 heterocycles. The number of nitrogens with zero attached hydrogens (tertiary/aromatic N) is 1. The Kier molecular flexibility index (Phi) is 5.58. The number of carboxylic acids is 1. The van der Waals surface area contributed by atoms with Crippen molar-refractivity contribution in [2.24, 2.45) is 0 Å². The van der Waals surface area contributed by atoms with Crippen LogP contribution >= 0.6 is 0 Å². The monoisotopic (exact) mass is 462 g/mol. The van der Waals surface area contributed by atoms with Crippen molar-refractivity contribution in [1.29, 1.82) is 0 Å². The minimum atomic E-state index is -1.19. The molecule has 1 saturated carbocycles. The summed E-state index contributed by atoms with van der Waals surface area (Å²) >= 11 is 0. The van der Waals surface area contributed by atoms with Gasteiger partial charge in [0.25, 0.3) is 0 Å². The molecule has 1 unspecified atom stereocenters. The van der Waals surface area contributed by atoms with E-state index >= 15 is 0 Å². The number of hydrogen-bond donors (Lipinski definition) is 2. The van der Waals surface area contributed by atoms with Crippen LogP contribution in [0.15, 0.2) is 48.5 Å². The van der Waals surface area contributed by atoms with E-state index in [0.29, 0.717) is 38.6 Å². The molecule has 2 amide bonds. The van der Waals surface area contributed by atoms with Gasteiger partial charge >= 0.3 is 12.1 Å². The lowest BCUT2D eigenvalue weighted by atomic mass is 9.75. The highest BCUT2D eigenvalue weighted by Crippen LogP contribution is 2.45. The summed E-state index contributed by atoms with van der Waals surface area (Å²) < 4.78 is 5.67. The molecule has 3 aliphatic rings. The Balaban J connectivity index is 1.30. The lowest BCUT2D eigenvalue weighted by molar-refractivity contribution is -0.161. The lowest BCUT2D eigenvalue weighted by Crippen LogP contribution is -2.67. The van der Waals surface area contributed by atoms with E-state index in [2.05, 4.69) is 29.6 Å². The van der Waals surface area contributed by atoms with E-state index in [9.17, 15) is 19.5 Å². The van der Waals surface area contributed by atoms with Gasteiger partial charge in [-0.15, -0.1) is 0 Å². The summed E-state index contributed by atoms with van der Waals surface area (Å²) in [7, 11) is 0. The first-order valence-corrected chi connectivity index (χ1v) is 12.1. The van der Waals surface area contributed by atoms with Crippen molar-refractivity contribution in [2.75, 3.05) is 13.2 Å². The quantitative estimate of drug-likeness (QED) is 0.667. The fraction of sp³-hybridized carbons (Fsp3) is 0.444. The number of hydrogen-bond acceptors (Lipinski definition) is 4. The molecule has 5 rings (SSSR count). The number of ether oxygens (including phenoxy) is 1. The van der Waals surface area contributed by atoms with Gasteiger partial charge in [-0.25, -0.2) is 9.59 Å². The molecule has 178 valence electrons. The molecule has 7 nitrogen and oxygen atoms in total. The number of fused-ring (bicyclic) bond motifs is 3. The predicted octanol–water partition coefficient (Wildman–Crippen LogP) is 4.30. The van der Waals surface area contributed by atoms with Crippen LogP contribution in [0.5, 0.6) is 0 Å². The molecule has 2 N–H and O–H groups in total. The fourth-order valence-electron chi connectivity index (χ4n) is 5.93. The SMILES string of the molecule is CCC1(C(=O)O)CCCN1C(=O)C1(NC(=O)OCC2c3ccccc3-c3ccccc32)CCC1. The summed E-state index contributed by atoms with van der Waals surface area (Å²) in [5, 5.41) is 12.7. The molecule has 0 bridgehead atoms. The number of rotatable bonds is 6. The van der Waals surface area contributed by atoms with Crippen LogP contribution < -0.4 is 5.32 Å². The summed E-state index contributed by atoms with van der Waals surface area (Å²) in [5.74, 6) is -1.34. The third kappa shape index (κ3) is 3.37. The summed E-state index contributed by atoms with van der Waals surface area (Å²) in [5.41, 5.74) is 2.27. The predicted molar refractivity (Wildman–Crippen MR) is 126 cm³/mol. The van der Waals surface area contributed by atoms with Gasteiger partial charge in [0.1, 0.15) is 17.7 Å². The van der Waals surface area contributed by atoms with E-state index in [4.69, 9.17) is 4.74 Å². The van der Waals surface area contributed by atoms with Gasteiger partial charge in [0, 0.05) is 12.5 Å². The van der Waals surface area contributed by atoms with Crippen LogP contribution in [-0.4, -0.2) is 52.2 Å². The number of amides is 2. The second-order valence-corrected chi connectivity index (χ2v) is 9.64. The van der Waals surface area contributed by atoms with Gasteiger partial charge in [-0.3, -0.25) is 4.79 Å². The Bertz CT molecular complexity index is 1100. The molecule has 1 saturated heterocycles. The molecule has 2 aromatic rings. The van der Waals surface area contributed by atoms with E-state index in [1.54, 1.807) is 6.92 Å².